The average Bonchev–Trinajstić information content (AvgIpc) is 2.90. The van der Waals surface area contributed by atoms with Gasteiger partial charge in [0.1, 0.15) is 0 Å². The van der Waals surface area contributed by atoms with Crippen LogP contribution in [0.4, 0.5) is 4.79 Å². The molecule has 1 aromatic heterocycles. The second-order valence-electron chi connectivity index (χ2n) is 3.78. The van der Waals surface area contributed by atoms with Crippen molar-refractivity contribution in [2.75, 3.05) is 13.1 Å². The second kappa shape index (κ2) is 5.69. The van der Waals surface area contributed by atoms with Crippen molar-refractivity contribution in [2.24, 2.45) is 5.73 Å². The van der Waals surface area contributed by atoms with Crippen LogP contribution >= 0.6 is 23.1 Å². The Balaban J connectivity index is 2.19. The molecule has 1 fully saturated rings. The van der Waals surface area contributed by atoms with Crippen LogP contribution in [0.5, 0.6) is 0 Å². The molecule has 1 aromatic rings. The molecule has 0 aliphatic carbocycles. The lowest BCUT2D eigenvalue weighted by atomic mass is 10.3. The molecule has 0 radical (unpaired) electrons. The predicted octanol–water partition coefficient (Wildman–Crippen LogP) is 2.31. The molecule has 1 aliphatic rings. The summed E-state index contributed by atoms with van der Waals surface area (Å²) in [7, 11) is 0. The fraction of sp³-hybridized carbons (Fsp3) is 0.333. The number of carbonyl (C=O) groups is 2. The summed E-state index contributed by atoms with van der Waals surface area (Å²) >= 11 is 2.62. The van der Waals surface area contributed by atoms with Crippen LogP contribution < -0.4 is 5.73 Å². The highest BCUT2D eigenvalue weighted by Crippen LogP contribution is 2.33. The van der Waals surface area contributed by atoms with Crippen LogP contribution in [0.25, 0.3) is 6.08 Å². The van der Waals surface area contributed by atoms with E-state index in [1.165, 1.54) is 9.78 Å². The van der Waals surface area contributed by atoms with Gasteiger partial charge in [0, 0.05) is 22.8 Å². The van der Waals surface area contributed by atoms with Crippen molar-refractivity contribution in [3.63, 3.8) is 0 Å². The van der Waals surface area contributed by atoms with Gasteiger partial charge in [-0.25, -0.2) is 0 Å². The number of thiophene rings is 1. The van der Waals surface area contributed by atoms with Gasteiger partial charge in [0.25, 0.3) is 11.1 Å². The molecule has 2 rings (SSSR count). The van der Waals surface area contributed by atoms with Gasteiger partial charge in [-0.15, -0.1) is 11.3 Å². The molecule has 2 amide bonds. The summed E-state index contributed by atoms with van der Waals surface area (Å²) in [5.74, 6) is -0.234. The molecule has 0 unspecified atom stereocenters. The van der Waals surface area contributed by atoms with Gasteiger partial charge < -0.3 is 5.73 Å². The molecular weight excluding hydrogens is 268 g/mol. The Hall–Kier alpha value is -1.11. The predicted molar refractivity (Wildman–Crippen MR) is 75.4 cm³/mol. The van der Waals surface area contributed by atoms with Crippen LogP contribution in [-0.4, -0.2) is 29.1 Å². The summed E-state index contributed by atoms with van der Waals surface area (Å²) < 4.78 is 0. The van der Waals surface area contributed by atoms with Crippen LogP contribution in [0.1, 0.15) is 16.7 Å². The molecular formula is C12H14N2O2S2. The zero-order valence-electron chi connectivity index (χ0n) is 10.0. The van der Waals surface area contributed by atoms with E-state index in [4.69, 9.17) is 5.73 Å². The molecule has 18 heavy (non-hydrogen) atoms. The van der Waals surface area contributed by atoms with E-state index in [0.717, 1.165) is 23.1 Å². The fourth-order valence-electron chi connectivity index (χ4n) is 1.61. The quantitative estimate of drug-likeness (QED) is 0.861. The van der Waals surface area contributed by atoms with E-state index >= 15 is 0 Å². The minimum absolute atomic E-state index is 0.232. The molecule has 0 aromatic carbocycles. The second-order valence-corrected chi connectivity index (χ2v) is 5.97. The van der Waals surface area contributed by atoms with E-state index in [1.807, 2.05) is 12.1 Å². The normalized spacial score (nSPS) is 18.1. The molecule has 0 spiro atoms. The van der Waals surface area contributed by atoms with E-state index in [-0.39, 0.29) is 17.7 Å². The number of rotatable bonds is 4. The van der Waals surface area contributed by atoms with E-state index in [1.54, 1.807) is 17.4 Å². The Morgan fingerprint density at radius 1 is 1.39 bits per heavy atom. The van der Waals surface area contributed by atoms with E-state index in [9.17, 15) is 9.59 Å². The summed E-state index contributed by atoms with van der Waals surface area (Å²) in [6, 6.07) is 4.01. The first-order valence-corrected chi connectivity index (χ1v) is 7.33. The lowest BCUT2D eigenvalue weighted by Gasteiger charge is -2.09. The maximum absolute atomic E-state index is 12.0. The summed E-state index contributed by atoms with van der Waals surface area (Å²) in [4.78, 5) is 27.5. The first-order chi connectivity index (χ1) is 8.65. The number of imide groups is 1. The molecule has 6 heteroatoms. The highest BCUT2D eigenvalue weighted by atomic mass is 32.2. The summed E-state index contributed by atoms with van der Waals surface area (Å²) in [6.07, 6.45) is 2.76. The van der Waals surface area contributed by atoms with Crippen LogP contribution in [0.15, 0.2) is 17.0 Å². The molecule has 0 atom stereocenters. The maximum atomic E-state index is 12.0. The Labute approximate surface area is 114 Å². The Morgan fingerprint density at radius 2 is 2.17 bits per heavy atom. The average molecular weight is 282 g/mol. The minimum atomic E-state index is -0.234. The third kappa shape index (κ3) is 2.66. The van der Waals surface area contributed by atoms with Crippen molar-refractivity contribution in [3.8, 4) is 0 Å². The Kier molecular flexibility index (Phi) is 4.21. The minimum Gasteiger partial charge on any atom is -0.329 e. The molecule has 4 nitrogen and oxygen atoms in total. The zero-order chi connectivity index (χ0) is 13.1. The monoisotopic (exact) mass is 282 g/mol. The fourth-order valence-corrected chi connectivity index (χ4v) is 3.44. The molecule has 1 saturated heterocycles. The van der Waals surface area contributed by atoms with Gasteiger partial charge in [0.05, 0.1) is 4.91 Å². The summed E-state index contributed by atoms with van der Waals surface area (Å²) in [5, 5.41) is -0.232. The van der Waals surface area contributed by atoms with Gasteiger partial charge in [-0.2, -0.15) is 0 Å². The van der Waals surface area contributed by atoms with E-state index < -0.39 is 0 Å². The summed E-state index contributed by atoms with van der Waals surface area (Å²) in [5.41, 5.74) is 5.38. The molecule has 2 N–H and O–H groups in total. The highest BCUT2D eigenvalue weighted by Gasteiger charge is 2.34. The zero-order valence-corrected chi connectivity index (χ0v) is 11.6. The third-order valence-electron chi connectivity index (χ3n) is 2.53. The van der Waals surface area contributed by atoms with Gasteiger partial charge in [0.2, 0.25) is 0 Å². The Bertz CT molecular complexity index is 508. The number of thioether (sulfide) groups is 1. The van der Waals surface area contributed by atoms with Crippen molar-refractivity contribution in [1.82, 2.24) is 4.90 Å². The number of nitrogens with two attached hydrogens (primary N) is 1. The highest BCUT2D eigenvalue weighted by molar-refractivity contribution is 8.18. The van der Waals surface area contributed by atoms with Crippen LogP contribution in [0.2, 0.25) is 0 Å². The lowest BCUT2D eigenvalue weighted by Crippen LogP contribution is -2.33. The van der Waals surface area contributed by atoms with Crippen molar-refractivity contribution >= 4 is 40.3 Å². The molecule has 0 bridgehead atoms. The van der Waals surface area contributed by atoms with E-state index in [0.29, 0.717) is 11.4 Å². The summed E-state index contributed by atoms with van der Waals surface area (Å²) in [6.45, 7) is 2.67. The smallest absolute Gasteiger partial charge is 0.293 e. The molecule has 2 heterocycles. The van der Waals surface area contributed by atoms with Crippen molar-refractivity contribution in [3.05, 3.63) is 26.8 Å². The van der Waals surface area contributed by atoms with Gasteiger partial charge >= 0.3 is 0 Å². The van der Waals surface area contributed by atoms with Gasteiger partial charge in [-0.05, 0) is 36.4 Å². The first-order valence-electron chi connectivity index (χ1n) is 5.70. The van der Waals surface area contributed by atoms with Crippen LogP contribution in [0.3, 0.4) is 0 Å². The van der Waals surface area contributed by atoms with Crippen LogP contribution in [-0.2, 0) is 11.2 Å². The third-order valence-corrected chi connectivity index (χ3v) is 4.61. The van der Waals surface area contributed by atoms with Crippen molar-refractivity contribution < 1.29 is 9.59 Å². The number of hydrogen-bond acceptors (Lipinski definition) is 5. The van der Waals surface area contributed by atoms with Gasteiger partial charge in [0.15, 0.2) is 0 Å². The maximum Gasteiger partial charge on any atom is 0.293 e. The van der Waals surface area contributed by atoms with Crippen molar-refractivity contribution in [1.29, 1.82) is 0 Å². The number of hydrogen-bond donors (Lipinski definition) is 1. The first kappa shape index (κ1) is 13.3. The Morgan fingerprint density at radius 3 is 2.78 bits per heavy atom. The van der Waals surface area contributed by atoms with Gasteiger partial charge in [-0.3, -0.25) is 14.5 Å². The van der Waals surface area contributed by atoms with E-state index in [2.05, 4.69) is 6.92 Å². The van der Waals surface area contributed by atoms with Crippen molar-refractivity contribution in [2.45, 2.75) is 13.3 Å². The number of carbonyl (C=O) groups excluding carboxylic acids is 2. The SMILES string of the molecule is CCc1ccc(C=C2SC(=O)N(CCN)C2=O)s1. The standard InChI is InChI=1S/C12H14N2O2S2/c1-2-8-3-4-9(17-8)7-10-11(15)14(6-5-13)12(16)18-10/h3-4,7H,2,5-6,13H2,1H3. The topological polar surface area (TPSA) is 63.4 Å². The van der Waals surface area contributed by atoms with Crippen LogP contribution in [0, 0.1) is 0 Å². The molecule has 96 valence electrons. The number of aryl methyl sites for hydroxylation is 1. The van der Waals surface area contributed by atoms with Gasteiger partial charge in [-0.1, -0.05) is 6.92 Å². The number of amides is 2. The largest absolute Gasteiger partial charge is 0.329 e. The number of nitrogens with zero attached hydrogens (tertiary/aromatic N) is 1. The molecule has 0 saturated carbocycles. The lowest BCUT2D eigenvalue weighted by molar-refractivity contribution is -0.122. The molecule has 1 aliphatic heterocycles.